The number of nitrogens with one attached hydrogen (secondary N) is 1. The summed E-state index contributed by atoms with van der Waals surface area (Å²) in [4.78, 5) is 4.65. The van der Waals surface area contributed by atoms with Crippen LogP contribution in [0, 0.1) is 11.8 Å². The van der Waals surface area contributed by atoms with Crippen molar-refractivity contribution in [1.29, 1.82) is 0 Å². The predicted molar refractivity (Wildman–Crippen MR) is 78.9 cm³/mol. The third-order valence-electron chi connectivity index (χ3n) is 4.28. The molecule has 2 rings (SSSR count). The molecule has 102 valence electrons. The smallest absolute Gasteiger partial charge is 0.113 e. The number of rotatable bonds is 5. The highest BCUT2D eigenvalue weighted by atomic mass is 32.1. The van der Waals surface area contributed by atoms with Gasteiger partial charge in [0.05, 0.1) is 5.54 Å². The average Bonchev–Trinajstić information content (AvgIpc) is 2.90. The normalized spacial score (nSPS) is 28.8. The number of nitrogens with zero attached hydrogens (tertiary/aromatic N) is 1. The van der Waals surface area contributed by atoms with Crippen LogP contribution in [0.5, 0.6) is 0 Å². The molecule has 3 heteroatoms. The van der Waals surface area contributed by atoms with Gasteiger partial charge in [0.25, 0.3) is 0 Å². The molecule has 0 aliphatic heterocycles. The van der Waals surface area contributed by atoms with Gasteiger partial charge >= 0.3 is 0 Å². The van der Waals surface area contributed by atoms with Crippen LogP contribution in [-0.2, 0) is 5.54 Å². The summed E-state index contributed by atoms with van der Waals surface area (Å²) in [5.74, 6) is 1.45. The van der Waals surface area contributed by atoms with E-state index in [9.17, 15) is 0 Å². The lowest BCUT2D eigenvalue weighted by molar-refractivity contribution is 0.100. The first-order valence-corrected chi connectivity index (χ1v) is 8.23. The molecule has 1 N–H and O–H groups in total. The molecular formula is C15H26N2S. The molecule has 2 nitrogen and oxygen atoms in total. The lowest BCUT2D eigenvalue weighted by atomic mass is 9.68. The zero-order valence-electron chi connectivity index (χ0n) is 11.9. The van der Waals surface area contributed by atoms with Gasteiger partial charge in [0.15, 0.2) is 0 Å². The van der Waals surface area contributed by atoms with Crippen molar-refractivity contribution in [3.63, 3.8) is 0 Å². The van der Waals surface area contributed by atoms with E-state index in [1.54, 1.807) is 0 Å². The van der Waals surface area contributed by atoms with Gasteiger partial charge in [-0.3, -0.25) is 0 Å². The quantitative estimate of drug-likeness (QED) is 0.864. The van der Waals surface area contributed by atoms with Crippen molar-refractivity contribution < 1.29 is 0 Å². The highest BCUT2D eigenvalue weighted by Crippen LogP contribution is 2.45. The Labute approximate surface area is 115 Å². The number of hydrogen-bond donors (Lipinski definition) is 1. The first-order chi connectivity index (χ1) is 8.70. The Morgan fingerprint density at radius 1 is 1.50 bits per heavy atom. The molecule has 0 bridgehead atoms. The summed E-state index contributed by atoms with van der Waals surface area (Å²) in [6, 6.07) is 0. The second kappa shape index (κ2) is 6.16. The van der Waals surface area contributed by atoms with Crippen LogP contribution in [-0.4, -0.2) is 11.5 Å². The van der Waals surface area contributed by atoms with Crippen molar-refractivity contribution in [3.05, 3.63) is 16.6 Å². The molecule has 2 atom stereocenters. The zero-order valence-corrected chi connectivity index (χ0v) is 12.7. The minimum absolute atomic E-state index is 0.149. The van der Waals surface area contributed by atoms with E-state index in [2.05, 4.69) is 36.5 Å². The molecule has 0 aromatic carbocycles. The summed E-state index contributed by atoms with van der Waals surface area (Å²) in [5, 5.41) is 7.30. The van der Waals surface area contributed by atoms with Gasteiger partial charge < -0.3 is 5.32 Å². The SMILES string of the molecule is CCCNC1(c2nccs2)CCCCC1C(C)C. The summed E-state index contributed by atoms with van der Waals surface area (Å²) in [6.07, 6.45) is 8.46. The van der Waals surface area contributed by atoms with Crippen LogP contribution in [0.2, 0.25) is 0 Å². The Morgan fingerprint density at radius 2 is 2.33 bits per heavy atom. The van der Waals surface area contributed by atoms with Gasteiger partial charge in [-0.25, -0.2) is 4.98 Å². The Hall–Kier alpha value is -0.410. The van der Waals surface area contributed by atoms with E-state index < -0.39 is 0 Å². The van der Waals surface area contributed by atoms with Crippen LogP contribution in [0.3, 0.4) is 0 Å². The highest BCUT2D eigenvalue weighted by molar-refractivity contribution is 7.09. The van der Waals surface area contributed by atoms with E-state index in [4.69, 9.17) is 0 Å². The third kappa shape index (κ3) is 2.62. The van der Waals surface area contributed by atoms with Gasteiger partial charge in [-0.1, -0.05) is 33.6 Å². The summed E-state index contributed by atoms with van der Waals surface area (Å²) in [5.41, 5.74) is 0.149. The fourth-order valence-electron chi connectivity index (χ4n) is 3.45. The van der Waals surface area contributed by atoms with E-state index in [0.29, 0.717) is 0 Å². The van der Waals surface area contributed by atoms with Gasteiger partial charge in [0, 0.05) is 11.6 Å². The van der Waals surface area contributed by atoms with E-state index >= 15 is 0 Å². The highest BCUT2D eigenvalue weighted by Gasteiger charge is 2.44. The third-order valence-corrected chi connectivity index (χ3v) is 5.23. The second-order valence-corrected chi connectivity index (χ2v) is 6.73. The lowest BCUT2D eigenvalue weighted by Gasteiger charge is -2.46. The Bertz CT molecular complexity index is 347. The molecule has 1 aromatic rings. The second-order valence-electron chi connectivity index (χ2n) is 5.83. The molecular weight excluding hydrogens is 240 g/mol. The fraction of sp³-hybridized carbons (Fsp3) is 0.800. The molecule has 0 spiro atoms. The molecule has 1 heterocycles. The van der Waals surface area contributed by atoms with Gasteiger partial charge in [-0.05, 0) is 37.6 Å². The lowest BCUT2D eigenvalue weighted by Crippen LogP contribution is -2.52. The monoisotopic (exact) mass is 266 g/mol. The van der Waals surface area contributed by atoms with Crippen LogP contribution in [0.25, 0.3) is 0 Å². The van der Waals surface area contributed by atoms with Crippen LogP contribution in [0.4, 0.5) is 0 Å². The fourth-order valence-corrected chi connectivity index (χ4v) is 4.36. The number of hydrogen-bond acceptors (Lipinski definition) is 3. The maximum atomic E-state index is 4.65. The van der Waals surface area contributed by atoms with Crippen molar-refractivity contribution in [2.45, 2.75) is 58.4 Å². The molecule has 1 fully saturated rings. The van der Waals surface area contributed by atoms with Crippen molar-refractivity contribution in [2.24, 2.45) is 11.8 Å². The number of thiazole rings is 1. The van der Waals surface area contributed by atoms with Crippen LogP contribution >= 0.6 is 11.3 Å². The zero-order chi connectivity index (χ0) is 13.0. The maximum absolute atomic E-state index is 4.65. The van der Waals surface area contributed by atoms with Crippen molar-refractivity contribution in [3.8, 4) is 0 Å². The molecule has 1 aromatic heterocycles. The van der Waals surface area contributed by atoms with E-state index in [-0.39, 0.29) is 5.54 Å². The minimum Gasteiger partial charge on any atom is -0.305 e. The van der Waals surface area contributed by atoms with E-state index in [1.807, 2.05) is 17.5 Å². The van der Waals surface area contributed by atoms with E-state index in [1.165, 1.54) is 37.1 Å². The van der Waals surface area contributed by atoms with Crippen LogP contribution in [0.1, 0.15) is 57.9 Å². The maximum Gasteiger partial charge on any atom is 0.113 e. The first-order valence-electron chi connectivity index (χ1n) is 7.35. The topological polar surface area (TPSA) is 24.9 Å². The van der Waals surface area contributed by atoms with Crippen molar-refractivity contribution in [1.82, 2.24) is 10.3 Å². The first kappa shape index (κ1) is 14.0. The molecule has 1 aliphatic rings. The predicted octanol–water partition coefficient (Wildman–Crippen LogP) is 4.18. The minimum atomic E-state index is 0.149. The molecule has 1 saturated carbocycles. The van der Waals surface area contributed by atoms with Gasteiger partial charge in [-0.2, -0.15) is 0 Å². The largest absolute Gasteiger partial charge is 0.305 e. The van der Waals surface area contributed by atoms with Crippen LogP contribution in [0.15, 0.2) is 11.6 Å². The van der Waals surface area contributed by atoms with Gasteiger partial charge in [0.2, 0.25) is 0 Å². The molecule has 1 aliphatic carbocycles. The summed E-state index contributed by atoms with van der Waals surface area (Å²) in [7, 11) is 0. The Kier molecular flexibility index (Phi) is 4.79. The summed E-state index contributed by atoms with van der Waals surface area (Å²) < 4.78 is 0. The van der Waals surface area contributed by atoms with Crippen LogP contribution < -0.4 is 5.32 Å². The van der Waals surface area contributed by atoms with Crippen molar-refractivity contribution in [2.75, 3.05) is 6.54 Å². The molecule has 0 amide bonds. The molecule has 0 saturated heterocycles. The molecule has 18 heavy (non-hydrogen) atoms. The Balaban J connectivity index is 2.32. The van der Waals surface area contributed by atoms with Crippen molar-refractivity contribution >= 4 is 11.3 Å². The molecule has 2 unspecified atom stereocenters. The summed E-state index contributed by atoms with van der Waals surface area (Å²) >= 11 is 1.83. The van der Waals surface area contributed by atoms with Gasteiger partial charge in [0.1, 0.15) is 5.01 Å². The molecule has 0 radical (unpaired) electrons. The Morgan fingerprint density at radius 3 is 2.94 bits per heavy atom. The average molecular weight is 266 g/mol. The standard InChI is InChI=1S/C15H26N2S/c1-4-9-17-15(14-16-10-11-18-14)8-6-5-7-13(15)12(2)3/h10-13,17H,4-9H2,1-3H3. The number of aromatic nitrogens is 1. The van der Waals surface area contributed by atoms with E-state index in [0.717, 1.165) is 18.4 Å². The summed E-state index contributed by atoms with van der Waals surface area (Å²) in [6.45, 7) is 8.08. The van der Waals surface area contributed by atoms with Gasteiger partial charge in [-0.15, -0.1) is 11.3 Å².